The van der Waals surface area contributed by atoms with Crippen LogP contribution in [0.1, 0.15) is 11.1 Å². The van der Waals surface area contributed by atoms with Gasteiger partial charge in [0.05, 0.1) is 11.1 Å². The number of alkyl halides is 9. The van der Waals surface area contributed by atoms with E-state index in [-0.39, 0.29) is 0 Å². The summed E-state index contributed by atoms with van der Waals surface area (Å²) in [6, 6.07) is 4.57. The van der Waals surface area contributed by atoms with Crippen molar-refractivity contribution in [3.63, 3.8) is 0 Å². The largest absolute Gasteiger partial charge is 0.573 e. The van der Waals surface area contributed by atoms with Crippen molar-refractivity contribution in [2.75, 3.05) is 0 Å². The Balaban J connectivity index is 2.83. The lowest BCUT2D eigenvalue weighted by atomic mass is 9.93. The van der Waals surface area contributed by atoms with Crippen LogP contribution in [0, 0.1) is 0 Å². The quantitative estimate of drug-likeness (QED) is 0.562. The van der Waals surface area contributed by atoms with Crippen LogP contribution in [0.25, 0.3) is 11.1 Å². The average Bonchev–Trinajstić information content (AvgIpc) is 2.43. The van der Waals surface area contributed by atoms with Crippen LogP contribution in [0.5, 0.6) is 5.75 Å². The molecule has 0 saturated heterocycles. The van der Waals surface area contributed by atoms with Crippen molar-refractivity contribution in [2.45, 2.75) is 18.7 Å². The number of ether oxygens (including phenoxy) is 1. The number of hydrogen-bond donors (Lipinski definition) is 0. The summed E-state index contributed by atoms with van der Waals surface area (Å²) in [7, 11) is 0. The lowest BCUT2D eigenvalue weighted by molar-refractivity contribution is -0.274. The average molecular weight is 374 g/mol. The number of para-hydroxylation sites is 1. The predicted octanol–water partition coefficient (Wildman–Crippen LogP) is 6.29. The molecule has 0 aliphatic rings. The van der Waals surface area contributed by atoms with Gasteiger partial charge in [0.1, 0.15) is 5.75 Å². The molecule has 0 unspecified atom stereocenters. The van der Waals surface area contributed by atoms with Gasteiger partial charge < -0.3 is 4.74 Å². The molecule has 2 aromatic rings. The molecule has 0 radical (unpaired) electrons. The maximum absolute atomic E-state index is 13.1. The zero-order valence-corrected chi connectivity index (χ0v) is 11.9. The van der Waals surface area contributed by atoms with E-state index in [4.69, 9.17) is 0 Å². The van der Waals surface area contributed by atoms with Crippen LogP contribution >= 0.6 is 0 Å². The first-order valence-corrected chi connectivity index (χ1v) is 6.43. The molecule has 0 heterocycles. The van der Waals surface area contributed by atoms with Gasteiger partial charge in [0, 0.05) is 11.1 Å². The summed E-state index contributed by atoms with van der Waals surface area (Å²) in [6.45, 7) is 0. The summed E-state index contributed by atoms with van der Waals surface area (Å²) in [4.78, 5) is 0. The predicted molar refractivity (Wildman–Crippen MR) is 68.6 cm³/mol. The Morgan fingerprint density at radius 2 is 1.08 bits per heavy atom. The van der Waals surface area contributed by atoms with Crippen molar-refractivity contribution < 1.29 is 44.3 Å². The summed E-state index contributed by atoms with van der Waals surface area (Å²) in [5, 5.41) is 0. The molecule has 0 aromatic heterocycles. The molecule has 0 aliphatic heterocycles. The van der Waals surface area contributed by atoms with Crippen molar-refractivity contribution in [3.05, 3.63) is 53.6 Å². The van der Waals surface area contributed by atoms with Crippen molar-refractivity contribution in [1.29, 1.82) is 0 Å². The van der Waals surface area contributed by atoms with Crippen molar-refractivity contribution >= 4 is 0 Å². The van der Waals surface area contributed by atoms with E-state index in [0.717, 1.165) is 12.1 Å². The Labute approximate surface area is 134 Å². The van der Waals surface area contributed by atoms with Gasteiger partial charge in [0.2, 0.25) is 0 Å². The zero-order chi connectivity index (χ0) is 19.0. The SMILES string of the molecule is FC(F)(F)Oc1ccccc1-c1c(C(F)(F)F)cccc1C(F)(F)F. The molecule has 0 saturated carbocycles. The molecule has 1 nitrogen and oxygen atoms in total. The second-order valence-electron chi connectivity index (χ2n) is 4.77. The third kappa shape index (κ3) is 4.37. The number of hydrogen-bond acceptors (Lipinski definition) is 1. The Hall–Kier alpha value is -2.39. The molecule has 0 spiro atoms. The minimum Gasteiger partial charge on any atom is -0.405 e. The van der Waals surface area contributed by atoms with E-state index in [2.05, 4.69) is 4.74 Å². The van der Waals surface area contributed by atoms with Crippen LogP contribution < -0.4 is 4.74 Å². The Bertz CT molecular complexity index is 725. The molecule has 10 heteroatoms. The van der Waals surface area contributed by atoms with E-state index in [1.165, 1.54) is 0 Å². The van der Waals surface area contributed by atoms with Crippen LogP contribution in [0.4, 0.5) is 39.5 Å². The van der Waals surface area contributed by atoms with E-state index in [1.54, 1.807) is 0 Å². The van der Waals surface area contributed by atoms with Crippen LogP contribution in [-0.2, 0) is 12.4 Å². The molecule has 0 atom stereocenters. The minimum absolute atomic E-state index is 0.356. The Kier molecular flexibility index (Phi) is 4.67. The second kappa shape index (κ2) is 6.16. The fourth-order valence-electron chi connectivity index (χ4n) is 2.20. The van der Waals surface area contributed by atoms with Crippen LogP contribution in [0.3, 0.4) is 0 Å². The molecule has 0 aliphatic carbocycles. The first kappa shape index (κ1) is 18.9. The Morgan fingerprint density at radius 3 is 1.52 bits per heavy atom. The third-order valence-electron chi connectivity index (χ3n) is 3.06. The summed E-state index contributed by atoms with van der Waals surface area (Å²) in [5.74, 6) is -1.17. The minimum atomic E-state index is -5.29. The summed E-state index contributed by atoms with van der Waals surface area (Å²) < 4.78 is 120. The molecule has 2 rings (SSSR count). The van der Waals surface area contributed by atoms with E-state index in [0.29, 0.717) is 30.3 Å². The first-order chi connectivity index (χ1) is 11.3. The van der Waals surface area contributed by atoms with Crippen molar-refractivity contribution in [2.24, 2.45) is 0 Å². The molecular formula is C15H7F9O. The lowest BCUT2D eigenvalue weighted by Gasteiger charge is -2.21. The number of benzene rings is 2. The van der Waals surface area contributed by atoms with E-state index in [9.17, 15) is 39.5 Å². The molecule has 136 valence electrons. The number of halogens is 9. The van der Waals surface area contributed by atoms with Crippen LogP contribution in [-0.4, -0.2) is 6.36 Å². The van der Waals surface area contributed by atoms with Crippen molar-refractivity contribution in [3.8, 4) is 16.9 Å². The monoisotopic (exact) mass is 374 g/mol. The summed E-state index contributed by atoms with van der Waals surface area (Å²) >= 11 is 0. The van der Waals surface area contributed by atoms with Gasteiger partial charge >= 0.3 is 18.7 Å². The van der Waals surface area contributed by atoms with Gasteiger partial charge in [-0.25, -0.2) is 0 Å². The molecule has 0 N–H and O–H groups in total. The fourth-order valence-corrected chi connectivity index (χ4v) is 2.20. The highest BCUT2D eigenvalue weighted by Crippen LogP contribution is 2.47. The van der Waals surface area contributed by atoms with Gasteiger partial charge in [0.25, 0.3) is 0 Å². The van der Waals surface area contributed by atoms with Gasteiger partial charge in [-0.2, -0.15) is 26.3 Å². The van der Waals surface area contributed by atoms with Crippen molar-refractivity contribution in [1.82, 2.24) is 0 Å². The molecule has 2 aromatic carbocycles. The Morgan fingerprint density at radius 1 is 0.600 bits per heavy atom. The van der Waals surface area contributed by atoms with Crippen LogP contribution in [0.2, 0.25) is 0 Å². The van der Waals surface area contributed by atoms with E-state index < -0.39 is 46.7 Å². The summed E-state index contributed by atoms with van der Waals surface area (Å²) in [5.41, 5.74) is -5.84. The van der Waals surface area contributed by atoms with E-state index >= 15 is 0 Å². The maximum atomic E-state index is 13.1. The standard InChI is InChI=1S/C15H7F9O/c16-13(17,18)9-5-3-6-10(14(19,20)21)12(9)8-4-1-2-7-11(8)25-15(22,23)24/h1-7H. The topological polar surface area (TPSA) is 9.23 Å². The van der Waals surface area contributed by atoms with Gasteiger partial charge in [-0.1, -0.05) is 24.3 Å². The normalized spacial score (nSPS) is 13.0. The maximum Gasteiger partial charge on any atom is 0.573 e. The first-order valence-electron chi connectivity index (χ1n) is 6.43. The highest BCUT2D eigenvalue weighted by atomic mass is 19.4. The highest BCUT2D eigenvalue weighted by molar-refractivity contribution is 5.77. The molecule has 25 heavy (non-hydrogen) atoms. The van der Waals surface area contributed by atoms with Gasteiger partial charge in [-0.15, -0.1) is 13.2 Å². The summed E-state index contributed by atoms with van der Waals surface area (Å²) in [6.07, 6.45) is -15.7. The van der Waals surface area contributed by atoms with Gasteiger partial charge in [-0.05, 0) is 18.2 Å². The zero-order valence-electron chi connectivity index (χ0n) is 11.9. The lowest BCUT2D eigenvalue weighted by Crippen LogP contribution is -2.19. The van der Waals surface area contributed by atoms with Gasteiger partial charge in [0.15, 0.2) is 0 Å². The van der Waals surface area contributed by atoms with E-state index in [1.807, 2.05) is 0 Å². The third-order valence-corrected chi connectivity index (χ3v) is 3.06. The second-order valence-corrected chi connectivity index (χ2v) is 4.77. The molecule has 0 fully saturated rings. The number of rotatable bonds is 2. The molecule has 0 bridgehead atoms. The van der Waals surface area contributed by atoms with Gasteiger partial charge in [-0.3, -0.25) is 0 Å². The fraction of sp³-hybridized carbons (Fsp3) is 0.200. The molecule has 0 amide bonds. The van der Waals surface area contributed by atoms with Crippen LogP contribution in [0.15, 0.2) is 42.5 Å². The smallest absolute Gasteiger partial charge is 0.405 e. The molecular weight excluding hydrogens is 367 g/mol. The highest BCUT2D eigenvalue weighted by Gasteiger charge is 2.42.